The molecule has 22 heavy (non-hydrogen) atoms. The molecule has 3 rings (SSSR count). The summed E-state index contributed by atoms with van der Waals surface area (Å²) in [6.07, 6.45) is -1.51. The summed E-state index contributed by atoms with van der Waals surface area (Å²) in [5.41, 5.74) is 1.12. The smallest absolute Gasteiger partial charge is 0.206 e. The summed E-state index contributed by atoms with van der Waals surface area (Å²) < 4.78 is 7.29. The average molecular weight is 384 g/mol. The third kappa shape index (κ3) is 2.71. The van der Waals surface area contributed by atoms with Crippen LogP contribution in [0, 0.1) is 0 Å². The molecule has 0 aliphatic carbocycles. The standard InChI is InChI=1S/C13H13Cl3N2O3S/c1-22-4-9-10(19)11(20)12(21-9)18-8-3-6(15)5(14)2-7(8)17-13(18)16/h2-3,9-12,19-20H,4H2,1H3. The summed E-state index contributed by atoms with van der Waals surface area (Å²) in [6, 6.07) is 3.21. The van der Waals surface area contributed by atoms with Crippen molar-refractivity contribution in [2.75, 3.05) is 12.0 Å². The predicted octanol–water partition coefficient (Wildman–Crippen LogP) is 2.98. The second-order valence-corrected chi connectivity index (χ2v) is 7.07. The van der Waals surface area contributed by atoms with Crippen LogP contribution in [0.5, 0.6) is 0 Å². The molecule has 1 aliphatic rings. The molecule has 1 saturated heterocycles. The molecule has 2 heterocycles. The molecule has 2 N–H and O–H groups in total. The van der Waals surface area contributed by atoms with E-state index in [0.717, 1.165) is 0 Å². The number of hydrogen-bond donors (Lipinski definition) is 2. The van der Waals surface area contributed by atoms with Gasteiger partial charge in [-0.3, -0.25) is 4.57 Å². The summed E-state index contributed by atoms with van der Waals surface area (Å²) in [4.78, 5) is 4.20. The summed E-state index contributed by atoms with van der Waals surface area (Å²) >= 11 is 19.7. The minimum Gasteiger partial charge on any atom is -0.387 e. The Hall–Kier alpha value is -0.210. The van der Waals surface area contributed by atoms with E-state index < -0.39 is 24.5 Å². The molecule has 1 aliphatic heterocycles. The lowest BCUT2D eigenvalue weighted by atomic mass is 10.1. The second kappa shape index (κ2) is 6.36. The van der Waals surface area contributed by atoms with Crippen molar-refractivity contribution in [2.24, 2.45) is 0 Å². The molecule has 4 unspecified atom stereocenters. The van der Waals surface area contributed by atoms with E-state index in [1.807, 2.05) is 6.26 Å². The van der Waals surface area contributed by atoms with Crippen molar-refractivity contribution in [3.63, 3.8) is 0 Å². The number of thioether (sulfide) groups is 1. The third-order valence-corrected chi connectivity index (χ3v) is 5.26. The number of aliphatic hydroxyl groups excluding tert-OH is 2. The highest BCUT2D eigenvalue weighted by Crippen LogP contribution is 2.37. The Bertz CT molecular complexity index is 711. The van der Waals surface area contributed by atoms with Crippen molar-refractivity contribution in [1.29, 1.82) is 0 Å². The predicted molar refractivity (Wildman–Crippen MR) is 89.1 cm³/mol. The highest BCUT2D eigenvalue weighted by molar-refractivity contribution is 7.98. The van der Waals surface area contributed by atoms with Gasteiger partial charge in [0.2, 0.25) is 5.28 Å². The molecule has 5 nitrogen and oxygen atoms in total. The van der Waals surface area contributed by atoms with Crippen LogP contribution in [0.15, 0.2) is 12.1 Å². The summed E-state index contributed by atoms with van der Waals surface area (Å²) in [5.74, 6) is 0.561. The van der Waals surface area contributed by atoms with E-state index in [4.69, 9.17) is 39.5 Å². The first-order valence-corrected chi connectivity index (χ1v) is 8.99. The van der Waals surface area contributed by atoms with Crippen molar-refractivity contribution in [2.45, 2.75) is 24.5 Å². The van der Waals surface area contributed by atoms with Gasteiger partial charge < -0.3 is 14.9 Å². The zero-order valence-electron chi connectivity index (χ0n) is 11.4. The first-order chi connectivity index (χ1) is 10.4. The van der Waals surface area contributed by atoms with Gasteiger partial charge in [0.25, 0.3) is 0 Å². The fourth-order valence-corrected chi connectivity index (χ4v) is 3.75. The van der Waals surface area contributed by atoms with Gasteiger partial charge in [0.05, 0.1) is 27.2 Å². The molecule has 0 amide bonds. The van der Waals surface area contributed by atoms with Crippen molar-refractivity contribution in [1.82, 2.24) is 9.55 Å². The van der Waals surface area contributed by atoms with Gasteiger partial charge >= 0.3 is 0 Å². The second-order valence-electron chi connectivity index (χ2n) is 5.01. The van der Waals surface area contributed by atoms with E-state index in [1.165, 1.54) is 16.3 Å². The Morgan fingerprint density at radius 3 is 2.59 bits per heavy atom. The van der Waals surface area contributed by atoms with Crippen LogP contribution in [0.3, 0.4) is 0 Å². The first-order valence-electron chi connectivity index (χ1n) is 6.47. The lowest BCUT2D eigenvalue weighted by Crippen LogP contribution is -2.32. The van der Waals surface area contributed by atoms with Crippen molar-refractivity contribution >= 4 is 57.6 Å². The number of benzene rings is 1. The number of fused-ring (bicyclic) bond motifs is 1. The summed E-state index contributed by atoms with van der Waals surface area (Å²) in [7, 11) is 0. The van der Waals surface area contributed by atoms with Crippen LogP contribution >= 0.6 is 46.6 Å². The fourth-order valence-electron chi connectivity index (χ4n) is 2.55. The zero-order valence-corrected chi connectivity index (χ0v) is 14.5. The average Bonchev–Trinajstić information content (AvgIpc) is 2.91. The largest absolute Gasteiger partial charge is 0.387 e. The molecule has 1 aromatic carbocycles. The lowest BCUT2D eigenvalue weighted by Gasteiger charge is -2.18. The molecule has 0 spiro atoms. The SMILES string of the molecule is CSCC1OC(n2c(Cl)nc3cc(Cl)c(Cl)cc32)C(O)C1O. The van der Waals surface area contributed by atoms with Gasteiger partial charge in [-0.05, 0) is 30.0 Å². The lowest BCUT2D eigenvalue weighted by molar-refractivity contribution is -0.0283. The quantitative estimate of drug-likeness (QED) is 0.853. The van der Waals surface area contributed by atoms with E-state index >= 15 is 0 Å². The monoisotopic (exact) mass is 382 g/mol. The molecule has 0 saturated carbocycles. The van der Waals surface area contributed by atoms with Crippen molar-refractivity contribution in [3.8, 4) is 0 Å². The van der Waals surface area contributed by atoms with Crippen molar-refractivity contribution in [3.05, 3.63) is 27.5 Å². The Morgan fingerprint density at radius 1 is 1.23 bits per heavy atom. The number of aromatic nitrogens is 2. The Balaban J connectivity index is 2.06. The summed E-state index contributed by atoms with van der Waals surface area (Å²) in [6.45, 7) is 0. The molecule has 0 bridgehead atoms. The molecular weight excluding hydrogens is 371 g/mol. The Labute approximate surface area is 146 Å². The fraction of sp³-hybridized carbons (Fsp3) is 0.462. The molecule has 120 valence electrons. The Morgan fingerprint density at radius 2 is 1.91 bits per heavy atom. The van der Waals surface area contributed by atoms with Crippen molar-refractivity contribution < 1.29 is 14.9 Å². The van der Waals surface area contributed by atoms with Crippen LogP contribution < -0.4 is 0 Å². The van der Waals surface area contributed by atoms with E-state index in [2.05, 4.69) is 4.98 Å². The van der Waals surface area contributed by atoms with Gasteiger partial charge in [-0.25, -0.2) is 4.98 Å². The van der Waals surface area contributed by atoms with E-state index in [9.17, 15) is 10.2 Å². The maximum Gasteiger partial charge on any atom is 0.206 e. The van der Waals surface area contributed by atoms with Crippen LogP contribution in [0.1, 0.15) is 6.23 Å². The van der Waals surface area contributed by atoms with E-state index in [0.29, 0.717) is 26.8 Å². The number of nitrogens with zero attached hydrogens (tertiary/aromatic N) is 2. The van der Waals surface area contributed by atoms with E-state index in [1.54, 1.807) is 12.1 Å². The molecule has 1 fully saturated rings. The number of aliphatic hydroxyl groups is 2. The topological polar surface area (TPSA) is 67.5 Å². The summed E-state index contributed by atoms with van der Waals surface area (Å²) in [5, 5.41) is 21.2. The molecule has 2 aromatic rings. The normalized spacial score (nSPS) is 28.6. The Kier molecular flexibility index (Phi) is 4.81. The molecule has 1 aromatic heterocycles. The minimum atomic E-state index is -1.11. The van der Waals surface area contributed by atoms with Gasteiger partial charge in [0.1, 0.15) is 12.2 Å². The highest BCUT2D eigenvalue weighted by Gasteiger charge is 2.44. The van der Waals surface area contributed by atoms with Gasteiger partial charge in [-0.1, -0.05) is 23.2 Å². The maximum atomic E-state index is 10.3. The molecule has 0 radical (unpaired) electrons. The van der Waals surface area contributed by atoms with E-state index in [-0.39, 0.29) is 5.28 Å². The van der Waals surface area contributed by atoms with Gasteiger partial charge in [0, 0.05) is 5.75 Å². The molecular formula is C13H13Cl3N2O3S. The van der Waals surface area contributed by atoms with Crippen LogP contribution in [-0.2, 0) is 4.74 Å². The number of rotatable bonds is 3. The number of hydrogen-bond acceptors (Lipinski definition) is 5. The number of imidazole rings is 1. The number of halogens is 3. The van der Waals surface area contributed by atoms with Crippen LogP contribution in [-0.4, -0.2) is 50.1 Å². The first kappa shape index (κ1) is 16.6. The number of ether oxygens (including phenoxy) is 1. The zero-order chi connectivity index (χ0) is 16.0. The highest BCUT2D eigenvalue weighted by atomic mass is 35.5. The van der Waals surface area contributed by atoms with Crippen LogP contribution in [0.4, 0.5) is 0 Å². The van der Waals surface area contributed by atoms with Gasteiger partial charge in [0.15, 0.2) is 6.23 Å². The third-order valence-electron chi connectivity index (χ3n) is 3.61. The van der Waals surface area contributed by atoms with Gasteiger partial charge in [-0.15, -0.1) is 0 Å². The van der Waals surface area contributed by atoms with Crippen LogP contribution in [0.2, 0.25) is 15.3 Å². The van der Waals surface area contributed by atoms with Gasteiger partial charge in [-0.2, -0.15) is 11.8 Å². The molecule has 4 atom stereocenters. The maximum absolute atomic E-state index is 10.3. The minimum absolute atomic E-state index is 0.134. The molecule has 9 heteroatoms. The van der Waals surface area contributed by atoms with Crippen LogP contribution in [0.25, 0.3) is 11.0 Å².